The van der Waals surface area contributed by atoms with Gasteiger partial charge in [0.15, 0.2) is 5.96 Å². The number of aliphatic imine (C=N–C) groups is 1. The SMILES string of the molecule is CN=C(NCCCOC(C)c1ccccc1)NCc1ccc(Cn2ccnc2)cc1.I. The van der Waals surface area contributed by atoms with E-state index >= 15 is 0 Å². The summed E-state index contributed by atoms with van der Waals surface area (Å²) in [6.07, 6.45) is 6.63. The molecule has 6 nitrogen and oxygen atoms in total. The Morgan fingerprint density at radius 3 is 2.48 bits per heavy atom. The molecule has 0 fully saturated rings. The Hall–Kier alpha value is -2.39. The molecular formula is C24H32IN5O. The summed E-state index contributed by atoms with van der Waals surface area (Å²) in [4.78, 5) is 8.37. The molecule has 1 unspecified atom stereocenters. The third kappa shape index (κ3) is 8.70. The molecule has 1 atom stereocenters. The second-order valence-electron chi connectivity index (χ2n) is 7.18. The van der Waals surface area contributed by atoms with Crippen LogP contribution in [-0.4, -0.2) is 35.7 Å². The van der Waals surface area contributed by atoms with Crippen molar-refractivity contribution < 1.29 is 4.74 Å². The summed E-state index contributed by atoms with van der Waals surface area (Å²) >= 11 is 0. The molecule has 0 spiro atoms. The van der Waals surface area contributed by atoms with Crippen LogP contribution in [0.4, 0.5) is 0 Å². The van der Waals surface area contributed by atoms with Crippen LogP contribution < -0.4 is 10.6 Å². The normalized spacial score (nSPS) is 12.1. The first-order chi connectivity index (χ1) is 14.7. The van der Waals surface area contributed by atoms with Crippen LogP contribution in [0.3, 0.4) is 0 Å². The molecule has 31 heavy (non-hydrogen) atoms. The molecule has 1 heterocycles. The molecule has 0 radical (unpaired) electrons. The van der Waals surface area contributed by atoms with Gasteiger partial charge in [-0.3, -0.25) is 4.99 Å². The van der Waals surface area contributed by atoms with Gasteiger partial charge in [0.25, 0.3) is 0 Å². The minimum absolute atomic E-state index is 0. The summed E-state index contributed by atoms with van der Waals surface area (Å²) < 4.78 is 7.97. The van der Waals surface area contributed by atoms with Crippen molar-refractivity contribution in [3.05, 3.63) is 90.0 Å². The van der Waals surface area contributed by atoms with Gasteiger partial charge in [-0.15, -0.1) is 24.0 Å². The number of nitrogens with zero attached hydrogens (tertiary/aromatic N) is 3. The van der Waals surface area contributed by atoms with Crippen LogP contribution >= 0.6 is 24.0 Å². The zero-order valence-electron chi connectivity index (χ0n) is 18.2. The van der Waals surface area contributed by atoms with Gasteiger partial charge in [0.1, 0.15) is 0 Å². The highest BCUT2D eigenvalue weighted by atomic mass is 127. The molecule has 0 bridgehead atoms. The number of guanidine groups is 1. The summed E-state index contributed by atoms with van der Waals surface area (Å²) in [5.41, 5.74) is 3.68. The minimum atomic E-state index is 0. The Labute approximate surface area is 202 Å². The predicted octanol–water partition coefficient (Wildman–Crippen LogP) is 4.38. The van der Waals surface area contributed by atoms with Gasteiger partial charge in [-0.05, 0) is 30.0 Å². The van der Waals surface area contributed by atoms with Gasteiger partial charge in [0.05, 0.1) is 12.4 Å². The van der Waals surface area contributed by atoms with Gasteiger partial charge < -0.3 is 19.9 Å². The lowest BCUT2D eigenvalue weighted by atomic mass is 10.1. The monoisotopic (exact) mass is 533 g/mol. The molecule has 0 saturated heterocycles. The predicted molar refractivity (Wildman–Crippen MR) is 137 cm³/mol. The van der Waals surface area contributed by atoms with E-state index in [4.69, 9.17) is 4.74 Å². The number of rotatable bonds is 10. The highest BCUT2D eigenvalue weighted by Gasteiger charge is 2.04. The maximum absolute atomic E-state index is 5.92. The molecule has 3 aromatic rings. The maximum Gasteiger partial charge on any atom is 0.191 e. The van der Waals surface area contributed by atoms with E-state index in [2.05, 4.69) is 68.5 Å². The van der Waals surface area contributed by atoms with Gasteiger partial charge in [-0.1, -0.05) is 54.6 Å². The van der Waals surface area contributed by atoms with Crippen molar-refractivity contribution >= 4 is 29.9 Å². The lowest BCUT2D eigenvalue weighted by molar-refractivity contribution is 0.0646. The molecule has 0 aliphatic carbocycles. The van der Waals surface area contributed by atoms with Crippen LogP contribution in [0.15, 0.2) is 78.3 Å². The Balaban J connectivity index is 0.00000341. The quantitative estimate of drug-likeness (QED) is 0.176. The molecule has 7 heteroatoms. The average molecular weight is 533 g/mol. The largest absolute Gasteiger partial charge is 0.374 e. The molecule has 2 aromatic carbocycles. The van der Waals surface area contributed by atoms with Crippen LogP contribution in [0.2, 0.25) is 0 Å². The average Bonchev–Trinajstić information content (AvgIpc) is 3.30. The lowest BCUT2D eigenvalue weighted by Gasteiger charge is -2.15. The van der Waals surface area contributed by atoms with Gasteiger partial charge in [0, 0.05) is 45.7 Å². The summed E-state index contributed by atoms with van der Waals surface area (Å²) in [6.45, 7) is 5.17. The van der Waals surface area contributed by atoms with Crippen LogP contribution in [0.1, 0.15) is 36.1 Å². The van der Waals surface area contributed by atoms with Gasteiger partial charge >= 0.3 is 0 Å². The number of halogens is 1. The fourth-order valence-corrected chi connectivity index (χ4v) is 3.12. The molecular weight excluding hydrogens is 501 g/mol. The molecule has 0 aliphatic rings. The van der Waals surface area contributed by atoms with Crippen molar-refractivity contribution in [1.82, 2.24) is 20.2 Å². The smallest absolute Gasteiger partial charge is 0.191 e. The van der Waals surface area contributed by atoms with E-state index < -0.39 is 0 Å². The number of nitrogens with one attached hydrogen (secondary N) is 2. The highest BCUT2D eigenvalue weighted by molar-refractivity contribution is 14.0. The third-order valence-corrected chi connectivity index (χ3v) is 4.88. The summed E-state index contributed by atoms with van der Waals surface area (Å²) in [6, 6.07) is 18.9. The number of aromatic nitrogens is 2. The fourth-order valence-electron chi connectivity index (χ4n) is 3.12. The first-order valence-corrected chi connectivity index (χ1v) is 10.4. The molecule has 2 N–H and O–H groups in total. The minimum Gasteiger partial charge on any atom is -0.374 e. The van der Waals surface area contributed by atoms with Crippen molar-refractivity contribution in [3.8, 4) is 0 Å². The molecule has 1 aromatic heterocycles. The van der Waals surface area contributed by atoms with Crippen LogP contribution in [0.5, 0.6) is 0 Å². The van der Waals surface area contributed by atoms with E-state index in [0.29, 0.717) is 6.61 Å². The summed E-state index contributed by atoms with van der Waals surface area (Å²) in [5, 5.41) is 6.70. The molecule has 0 aliphatic heterocycles. The van der Waals surface area contributed by atoms with Crippen molar-refractivity contribution in [3.63, 3.8) is 0 Å². The zero-order chi connectivity index (χ0) is 21.0. The Morgan fingerprint density at radius 1 is 1.06 bits per heavy atom. The molecule has 3 rings (SSSR count). The number of imidazole rings is 1. The van der Waals surface area contributed by atoms with E-state index in [-0.39, 0.29) is 30.1 Å². The van der Waals surface area contributed by atoms with E-state index in [9.17, 15) is 0 Å². The topological polar surface area (TPSA) is 63.5 Å². The Morgan fingerprint density at radius 2 is 1.81 bits per heavy atom. The fraction of sp³-hybridized carbons (Fsp3) is 0.333. The number of hydrogen-bond acceptors (Lipinski definition) is 3. The third-order valence-electron chi connectivity index (χ3n) is 4.88. The van der Waals surface area contributed by atoms with Crippen molar-refractivity contribution in [1.29, 1.82) is 0 Å². The lowest BCUT2D eigenvalue weighted by Crippen LogP contribution is -2.37. The Kier molecular flexibility index (Phi) is 11.1. The second kappa shape index (κ2) is 13.8. The first kappa shape index (κ1) is 24.9. The molecule has 0 saturated carbocycles. The van der Waals surface area contributed by atoms with E-state index in [0.717, 1.165) is 32.0 Å². The zero-order valence-corrected chi connectivity index (χ0v) is 20.5. The Bertz CT molecular complexity index is 882. The molecule has 0 amide bonds. The standard InChI is InChI=1S/C24H31N5O.HI/c1-20(23-7-4-3-5-8-23)30-16-6-13-27-24(25-2)28-17-21-9-11-22(12-10-21)18-29-15-14-26-19-29;/h3-5,7-12,14-15,19-20H,6,13,16-18H2,1-2H3,(H2,25,27,28);1H. The highest BCUT2D eigenvalue weighted by Crippen LogP contribution is 2.15. The first-order valence-electron chi connectivity index (χ1n) is 10.4. The van der Waals surface area contributed by atoms with Gasteiger partial charge in [-0.2, -0.15) is 0 Å². The van der Waals surface area contributed by atoms with Gasteiger partial charge in [-0.25, -0.2) is 4.98 Å². The molecule has 166 valence electrons. The van der Waals surface area contributed by atoms with Crippen LogP contribution in [-0.2, 0) is 17.8 Å². The second-order valence-corrected chi connectivity index (χ2v) is 7.18. The van der Waals surface area contributed by atoms with Crippen molar-refractivity contribution in [2.45, 2.75) is 32.5 Å². The maximum atomic E-state index is 5.92. The van der Waals surface area contributed by atoms with Crippen molar-refractivity contribution in [2.75, 3.05) is 20.2 Å². The van der Waals surface area contributed by atoms with Crippen LogP contribution in [0.25, 0.3) is 0 Å². The number of hydrogen-bond donors (Lipinski definition) is 2. The number of benzene rings is 2. The van der Waals surface area contributed by atoms with E-state index in [1.54, 1.807) is 13.2 Å². The van der Waals surface area contributed by atoms with E-state index in [1.165, 1.54) is 16.7 Å². The van der Waals surface area contributed by atoms with Crippen LogP contribution in [0, 0.1) is 0 Å². The summed E-state index contributed by atoms with van der Waals surface area (Å²) in [5.74, 6) is 0.800. The number of ether oxygens (including phenoxy) is 1. The van der Waals surface area contributed by atoms with Crippen molar-refractivity contribution in [2.24, 2.45) is 4.99 Å². The van der Waals surface area contributed by atoms with E-state index in [1.807, 2.05) is 30.7 Å². The summed E-state index contributed by atoms with van der Waals surface area (Å²) in [7, 11) is 1.79. The van der Waals surface area contributed by atoms with Gasteiger partial charge in [0.2, 0.25) is 0 Å².